The number of rotatable bonds is 4. The number of aromatic nitrogens is 2. The predicted octanol–water partition coefficient (Wildman–Crippen LogP) is 1.25. The maximum atomic E-state index is 10.8. The fourth-order valence-corrected chi connectivity index (χ4v) is 1.44. The Labute approximate surface area is 90.2 Å². The summed E-state index contributed by atoms with van der Waals surface area (Å²) in [5.41, 5.74) is 1.60. The molecule has 0 atom stereocenters. The van der Waals surface area contributed by atoms with E-state index in [1.165, 1.54) is 0 Å². The van der Waals surface area contributed by atoms with Crippen LogP contribution in [0.1, 0.15) is 31.1 Å². The first kappa shape index (κ1) is 12.2. The molecule has 1 aromatic rings. The lowest BCUT2D eigenvalue weighted by Crippen LogP contribution is -2.03. The molecule has 0 aromatic carbocycles. The number of nitrogens with zero attached hydrogens (tertiary/aromatic N) is 2. The van der Waals surface area contributed by atoms with Gasteiger partial charge in [0, 0.05) is 17.8 Å². The fourth-order valence-electron chi connectivity index (χ4n) is 1.10. The van der Waals surface area contributed by atoms with Crippen molar-refractivity contribution in [2.75, 3.05) is 6.26 Å². The van der Waals surface area contributed by atoms with Crippen molar-refractivity contribution in [3.05, 3.63) is 17.5 Å². The third kappa shape index (κ3) is 3.64. The molecule has 0 radical (unpaired) electrons. The van der Waals surface area contributed by atoms with Crippen LogP contribution in [0.25, 0.3) is 0 Å². The number of hydrogen-bond acceptors (Lipinski definition) is 4. The van der Waals surface area contributed by atoms with Gasteiger partial charge in [0.1, 0.15) is 0 Å². The van der Waals surface area contributed by atoms with Crippen LogP contribution in [0.2, 0.25) is 0 Å². The molecule has 5 nitrogen and oxygen atoms in total. The van der Waals surface area contributed by atoms with E-state index in [1.54, 1.807) is 4.68 Å². The molecule has 1 aromatic heterocycles. The van der Waals surface area contributed by atoms with Crippen molar-refractivity contribution in [3.8, 4) is 0 Å². The molecule has 0 bridgehead atoms. The van der Waals surface area contributed by atoms with E-state index in [1.807, 2.05) is 27.0 Å². The van der Waals surface area contributed by atoms with E-state index in [4.69, 9.17) is 4.18 Å². The lowest BCUT2D eigenvalue weighted by molar-refractivity contribution is 0.311. The molecule has 0 aliphatic carbocycles. The van der Waals surface area contributed by atoms with Crippen LogP contribution >= 0.6 is 0 Å². The summed E-state index contributed by atoms with van der Waals surface area (Å²) in [4.78, 5) is 0. The predicted molar refractivity (Wildman–Crippen MR) is 57.0 cm³/mol. The van der Waals surface area contributed by atoms with Crippen LogP contribution in [0.3, 0.4) is 0 Å². The van der Waals surface area contributed by atoms with Gasteiger partial charge in [-0.15, -0.1) is 0 Å². The summed E-state index contributed by atoms with van der Waals surface area (Å²) >= 11 is 0. The molecule has 0 aliphatic rings. The van der Waals surface area contributed by atoms with Gasteiger partial charge in [-0.05, 0) is 20.8 Å². The first-order chi connectivity index (χ1) is 6.79. The molecule has 1 heterocycles. The second-order valence-corrected chi connectivity index (χ2v) is 5.42. The average molecular weight is 232 g/mol. The van der Waals surface area contributed by atoms with Crippen molar-refractivity contribution in [2.45, 2.75) is 33.4 Å². The molecule has 15 heavy (non-hydrogen) atoms. The summed E-state index contributed by atoms with van der Waals surface area (Å²) in [6, 6.07) is 0.260. The minimum atomic E-state index is -3.39. The van der Waals surface area contributed by atoms with Crippen LogP contribution < -0.4 is 0 Å². The molecule has 1 rings (SSSR count). The van der Waals surface area contributed by atoms with Crippen LogP contribution in [-0.4, -0.2) is 24.5 Å². The summed E-state index contributed by atoms with van der Waals surface area (Å²) in [5.74, 6) is 0. The van der Waals surface area contributed by atoms with Crippen LogP contribution in [0.4, 0.5) is 0 Å². The van der Waals surface area contributed by atoms with Crippen molar-refractivity contribution in [1.29, 1.82) is 0 Å². The van der Waals surface area contributed by atoms with Crippen LogP contribution in [0.5, 0.6) is 0 Å². The lowest BCUT2D eigenvalue weighted by Gasteiger charge is -2.03. The van der Waals surface area contributed by atoms with E-state index in [-0.39, 0.29) is 12.6 Å². The molecule has 0 fully saturated rings. The topological polar surface area (TPSA) is 61.2 Å². The second-order valence-electron chi connectivity index (χ2n) is 3.78. The van der Waals surface area contributed by atoms with Gasteiger partial charge in [-0.2, -0.15) is 13.5 Å². The highest BCUT2D eigenvalue weighted by molar-refractivity contribution is 7.85. The highest BCUT2D eigenvalue weighted by atomic mass is 32.2. The van der Waals surface area contributed by atoms with Gasteiger partial charge in [-0.3, -0.25) is 8.86 Å². The summed E-state index contributed by atoms with van der Waals surface area (Å²) in [6.07, 6.45) is 2.85. The van der Waals surface area contributed by atoms with Crippen LogP contribution in [0.15, 0.2) is 6.20 Å². The van der Waals surface area contributed by atoms with Gasteiger partial charge in [-0.25, -0.2) is 0 Å². The molecule has 86 valence electrons. The van der Waals surface area contributed by atoms with Crippen molar-refractivity contribution < 1.29 is 12.6 Å². The smallest absolute Gasteiger partial charge is 0.264 e. The highest BCUT2D eigenvalue weighted by Crippen LogP contribution is 2.12. The van der Waals surface area contributed by atoms with E-state index in [0.29, 0.717) is 0 Å². The maximum Gasteiger partial charge on any atom is 0.264 e. The minimum absolute atomic E-state index is 0.0530. The van der Waals surface area contributed by atoms with Crippen molar-refractivity contribution in [3.63, 3.8) is 0 Å². The van der Waals surface area contributed by atoms with Gasteiger partial charge in [0.2, 0.25) is 0 Å². The fraction of sp³-hybridized carbons (Fsp3) is 0.667. The second kappa shape index (κ2) is 4.32. The lowest BCUT2D eigenvalue weighted by atomic mass is 10.3. The number of hydrogen-bond donors (Lipinski definition) is 0. The molecular formula is C9H16N2O3S. The highest BCUT2D eigenvalue weighted by Gasteiger charge is 2.09. The summed E-state index contributed by atoms with van der Waals surface area (Å²) in [6.45, 7) is 5.90. The molecule has 0 saturated heterocycles. The van der Waals surface area contributed by atoms with Gasteiger partial charge in [0.05, 0.1) is 18.6 Å². The first-order valence-corrected chi connectivity index (χ1v) is 6.50. The zero-order chi connectivity index (χ0) is 11.6. The van der Waals surface area contributed by atoms with Gasteiger partial charge in [0.25, 0.3) is 10.1 Å². The van der Waals surface area contributed by atoms with E-state index in [9.17, 15) is 8.42 Å². The van der Waals surface area contributed by atoms with Gasteiger partial charge in [0.15, 0.2) is 0 Å². The Morgan fingerprint density at radius 2 is 2.13 bits per heavy atom. The van der Waals surface area contributed by atoms with E-state index in [0.717, 1.165) is 17.5 Å². The van der Waals surface area contributed by atoms with Crippen molar-refractivity contribution in [2.24, 2.45) is 0 Å². The molecule has 0 N–H and O–H groups in total. The summed E-state index contributed by atoms with van der Waals surface area (Å²) in [7, 11) is -3.39. The van der Waals surface area contributed by atoms with Crippen molar-refractivity contribution in [1.82, 2.24) is 9.78 Å². The first-order valence-electron chi connectivity index (χ1n) is 4.68. The zero-order valence-electron chi connectivity index (χ0n) is 9.39. The Morgan fingerprint density at radius 3 is 2.53 bits per heavy atom. The molecule has 0 saturated carbocycles. The van der Waals surface area contributed by atoms with E-state index in [2.05, 4.69) is 5.10 Å². The third-order valence-corrected chi connectivity index (χ3v) is 2.52. The van der Waals surface area contributed by atoms with Gasteiger partial charge in [-0.1, -0.05) is 0 Å². The summed E-state index contributed by atoms with van der Waals surface area (Å²) < 4.78 is 28.1. The molecular weight excluding hydrogens is 216 g/mol. The Balaban J connectivity index is 2.78. The Hall–Kier alpha value is -0.880. The Bertz CT molecular complexity index is 434. The quantitative estimate of drug-likeness (QED) is 0.733. The van der Waals surface area contributed by atoms with Gasteiger partial charge < -0.3 is 0 Å². The molecule has 0 amide bonds. The standard InChI is InChI=1S/C9H16N2O3S/c1-7(2)11-5-9(8(3)10-11)6-14-15(4,12)13/h5,7H,6H2,1-4H3. The monoisotopic (exact) mass is 232 g/mol. The number of aryl methyl sites for hydroxylation is 1. The zero-order valence-corrected chi connectivity index (χ0v) is 10.2. The van der Waals surface area contributed by atoms with Gasteiger partial charge >= 0.3 is 0 Å². The minimum Gasteiger partial charge on any atom is -0.270 e. The average Bonchev–Trinajstić information content (AvgIpc) is 2.42. The molecule has 0 unspecified atom stereocenters. The SMILES string of the molecule is Cc1nn(C(C)C)cc1COS(C)(=O)=O. The van der Waals surface area contributed by atoms with Crippen LogP contribution in [0, 0.1) is 6.92 Å². The molecule has 6 heteroatoms. The van der Waals surface area contributed by atoms with Crippen LogP contribution in [-0.2, 0) is 20.9 Å². The third-order valence-electron chi connectivity index (χ3n) is 1.98. The maximum absolute atomic E-state index is 10.8. The Kier molecular flexibility index (Phi) is 3.51. The largest absolute Gasteiger partial charge is 0.270 e. The normalized spacial score (nSPS) is 12.3. The molecule has 0 aliphatic heterocycles. The van der Waals surface area contributed by atoms with E-state index < -0.39 is 10.1 Å². The summed E-state index contributed by atoms with van der Waals surface area (Å²) in [5, 5.41) is 4.25. The Morgan fingerprint density at radius 1 is 1.53 bits per heavy atom. The molecule has 0 spiro atoms. The van der Waals surface area contributed by atoms with E-state index >= 15 is 0 Å². The van der Waals surface area contributed by atoms with Crippen molar-refractivity contribution >= 4 is 10.1 Å².